The predicted molar refractivity (Wildman–Crippen MR) is 103 cm³/mol. The first kappa shape index (κ1) is 21.0. The van der Waals surface area contributed by atoms with Crippen molar-refractivity contribution < 1.29 is 4.79 Å². The van der Waals surface area contributed by atoms with Crippen LogP contribution >= 0.6 is 35.6 Å². The summed E-state index contributed by atoms with van der Waals surface area (Å²) >= 11 is 5.85. The summed E-state index contributed by atoms with van der Waals surface area (Å²) < 4.78 is 0. The number of amides is 1. The van der Waals surface area contributed by atoms with Crippen LogP contribution in [0.1, 0.15) is 19.4 Å². The van der Waals surface area contributed by atoms with Crippen LogP contribution in [0.4, 0.5) is 0 Å². The molecule has 1 amide bonds. The number of halogens is 2. The molecule has 0 unspecified atom stereocenters. The van der Waals surface area contributed by atoms with E-state index >= 15 is 0 Å². The van der Waals surface area contributed by atoms with Crippen molar-refractivity contribution in [1.82, 2.24) is 16.0 Å². The van der Waals surface area contributed by atoms with Gasteiger partial charge in [-0.05, 0) is 38.0 Å². The van der Waals surface area contributed by atoms with Crippen molar-refractivity contribution >= 4 is 47.4 Å². The average molecular weight is 439 g/mol. The normalized spacial score (nSPS) is 10.6. The molecule has 0 bridgehead atoms. The zero-order valence-corrected chi connectivity index (χ0v) is 16.1. The molecule has 0 aliphatic rings. The van der Waals surface area contributed by atoms with Gasteiger partial charge in [-0.3, -0.25) is 4.79 Å². The van der Waals surface area contributed by atoms with E-state index in [1.807, 2.05) is 38.1 Å². The quantitative estimate of drug-likeness (QED) is 0.347. The van der Waals surface area contributed by atoms with Crippen LogP contribution in [0.15, 0.2) is 29.3 Å². The van der Waals surface area contributed by atoms with E-state index in [1.54, 1.807) is 0 Å². The number of likely N-dealkylation sites (N-methyl/N-ethyl adjacent to an activating group) is 1. The van der Waals surface area contributed by atoms with Gasteiger partial charge in [-0.25, -0.2) is 4.99 Å². The Kier molecular flexibility index (Phi) is 11.9. The van der Waals surface area contributed by atoms with Crippen LogP contribution in [0.5, 0.6) is 0 Å². The minimum Gasteiger partial charge on any atom is -0.357 e. The fourth-order valence-corrected chi connectivity index (χ4v) is 1.85. The lowest BCUT2D eigenvalue weighted by atomic mass is 10.1. The molecule has 124 valence electrons. The molecule has 3 N–H and O–H groups in total. The van der Waals surface area contributed by atoms with Crippen LogP contribution in [0, 0.1) is 0 Å². The highest BCUT2D eigenvalue weighted by molar-refractivity contribution is 14.0. The number of hydrogen-bond donors (Lipinski definition) is 3. The van der Waals surface area contributed by atoms with Crippen molar-refractivity contribution in [1.29, 1.82) is 0 Å². The summed E-state index contributed by atoms with van der Waals surface area (Å²) in [5, 5.41) is 9.78. The van der Waals surface area contributed by atoms with E-state index in [0.29, 0.717) is 12.5 Å². The number of hydrogen-bond acceptors (Lipinski definition) is 2. The second-order valence-electron chi connectivity index (χ2n) is 4.45. The number of rotatable bonds is 7. The Morgan fingerprint density at radius 3 is 2.32 bits per heavy atom. The summed E-state index contributed by atoms with van der Waals surface area (Å²) in [6.45, 7) is 6.11. The van der Waals surface area contributed by atoms with E-state index in [0.717, 1.165) is 24.5 Å². The molecule has 1 rings (SSSR count). The van der Waals surface area contributed by atoms with Crippen molar-refractivity contribution in [3.05, 3.63) is 34.9 Å². The highest BCUT2D eigenvalue weighted by atomic mass is 127. The second kappa shape index (κ2) is 12.5. The molecule has 5 nitrogen and oxygen atoms in total. The molecule has 0 aliphatic carbocycles. The van der Waals surface area contributed by atoms with Crippen LogP contribution in [0.3, 0.4) is 0 Å². The molecule has 0 atom stereocenters. The van der Waals surface area contributed by atoms with Gasteiger partial charge in [-0.2, -0.15) is 0 Å². The minimum absolute atomic E-state index is 0. The van der Waals surface area contributed by atoms with Crippen molar-refractivity contribution in [2.45, 2.75) is 20.3 Å². The monoisotopic (exact) mass is 438 g/mol. The third-order valence-electron chi connectivity index (χ3n) is 2.72. The molecular weight excluding hydrogens is 415 g/mol. The fourth-order valence-electron chi connectivity index (χ4n) is 1.72. The summed E-state index contributed by atoms with van der Waals surface area (Å²) in [4.78, 5) is 15.6. The van der Waals surface area contributed by atoms with Gasteiger partial charge in [-0.1, -0.05) is 23.7 Å². The van der Waals surface area contributed by atoms with E-state index in [9.17, 15) is 4.79 Å². The largest absolute Gasteiger partial charge is 0.357 e. The Morgan fingerprint density at radius 2 is 1.73 bits per heavy atom. The van der Waals surface area contributed by atoms with E-state index in [4.69, 9.17) is 11.6 Å². The van der Waals surface area contributed by atoms with Gasteiger partial charge in [-0.15, -0.1) is 24.0 Å². The van der Waals surface area contributed by atoms with Crippen LogP contribution < -0.4 is 16.0 Å². The average Bonchev–Trinajstić information content (AvgIpc) is 2.47. The topological polar surface area (TPSA) is 65.5 Å². The molecule has 0 spiro atoms. The van der Waals surface area contributed by atoms with E-state index < -0.39 is 0 Å². The Hall–Kier alpha value is -1.02. The Balaban J connectivity index is 0.00000441. The number of carbonyl (C=O) groups excluding carboxylic acids is 1. The van der Waals surface area contributed by atoms with Gasteiger partial charge in [0.25, 0.3) is 0 Å². The SMILES string of the molecule is CCNC(=O)CN=C(NCC)NCCc1ccc(Cl)cc1.I. The van der Waals surface area contributed by atoms with E-state index in [2.05, 4.69) is 20.9 Å². The number of guanidine groups is 1. The second-order valence-corrected chi connectivity index (χ2v) is 4.89. The number of aliphatic imine (C=N–C) groups is 1. The van der Waals surface area contributed by atoms with Gasteiger partial charge >= 0.3 is 0 Å². The van der Waals surface area contributed by atoms with Crippen molar-refractivity contribution in [2.75, 3.05) is 26.2 Å². The van der Waals surface area contributed by atoms with E-state index in [-0.39, 0.29) is 36.4 Å². The molecule has 0 aliphatic heterocycles. The number of nitrogens with zero attached hydrogens (tertiary/aromatic N) is 1. The number of nitrogens with one attached hydrogen (secondary N) is 3. The minimum atomic E-state index is -0.0765. The highest BCUT2D eigenvalue weighted by Gasteiger charge is 2.01. The predicted octanol–water partition coefficient (Wildman–Crippen LogP) is 2.19. The van der Waals surface area contributed by atoms with Gasteiger partial charge < -0.3 is 16.0 Å². The lowest BCUT2D eigenvalue weighted by Crippen LogP contribution is -2.39. The molecule has 0 heterocycles. The Bertz CT molecular complexity index is 465. The van der Waals surface area contributed by atoms with Gasteiger partial charge in [0.05, 0.1) is 0 Å². The van der Waals surface area contributed by atoms with Gasteiger partial charge in [0.2, 0.25) is 5.91 Å². The number of carbonyl (C=O) groups is 1. The first-order valence-corrected chi connectivity index (χ1v) is 7.56. The van der Waals surface area contributed by atoms with Gasteiger partial charge in [0.15, 0.2) is 5.96 Å². The third kappa shape index (κ3) is 9.09. The molecule has 0 aromatic heterocycles. The lowest BCUT2D eigenvalue weighted by molar-refractivity contribution is -0.119. The molecule has 7 heteroatoms. The maximum atomic E-state index is 11.4. The van der Waals surface area contributed by atoms with Crippen LogP contribution in [0.2, 0.25) is 5.02 Å². The molecule has 0 saturated heterocycles. The molecule has 1 aromatic rings. The molecule has 0 saturated carbocycles. The lowest BCUT2D eigenvalue weighted by Gasteiger charge is -2.11. The standard InChI is InChI=1S/C15H23ClN4O.HI/c1-3-17-14(21)11-20-15(18-4-2)19-10-9-12-5-7-13(16)8-6-12;/h5-8H,3-4,9-11H2,1-2H3,(H,17,21)(H2,18,19,20);1H. The third-order valence-corrected chi connectivity index (χ3v) is 2.97. The smallest absolute Gasteiger partial charge is 0.241 e. The van der Waals surface area contributed by atoms with Crippen molar-refractivity contribution in [3.63, 3.8) is 0 Å². The van der Waals surface area contributed by atoms with Crippen LogP contribution in [-0.2, 0) is 11.2 Å². The van der Waals surface area contributed by atoms with Crippen LogP contribution in [0.25, 0.3) is 0 Å². The summed E-state index contributed by atoms with van der Waals surface area (Å²) in [5.41, 5.74) is 1.20. The maximum absolute atomic E-state index is 11.4. The zero-order chi connectivity index (χ0) is 15.5. The van der Waals surface area contributed by atoms with Crippen LogP contribution in [-0.4, -0.2) is 38.0 Å². The van der Waals surface area contributed by atoms with Crippen molar-refractivity contribution in [2.24, 2.45) is 4.99 Å². The first-order valence-electron chi connectivity index (χ1n) is 7.19. The molecule has 0 fully saturated rings. The fraction of sp³-hybridized carbons (Fsp3) is 0.467. The molecule has 22 heavy (non-hydrogen) atoms. The summed E-state index contributed by atoms with van der Waals surface area (Å²) in [7, 11) is 0. The molecule has 1 aromatic carbocycles. The maximum Gasteiger partial charge on any atom is 0.241 e. The first-order chi connectivity index (χ1) is 10.2. The summed E-state index contributed by atoms with van der Waals surface area (Å²) in [6, 6.07) is 7.77. The molecular formula is C15H24ClIN4O. The Morgan fingerprint density at radius 1 is 1.09 bits per heavy atom. The van der Waals surface area contributed by atoms with E-state index in [1.165, 1.54) is 5.56 Å². The molecule has 0 radical (unpaired) electrons. The summed E-state index contributed by atoms with van der Waals surface area (Å²) in [6.07, 6.45) is 0.864. The van der Waals surface area contributed by atoms with Gasteiger partial charge in [0, 0.05) is 24.7 Å². The van der Waals surface area contributed by atoms with Crippen molar-refractivity contribution in [3.8, 4) is 0 Å². The van der Waals surface area contributed by atoms with Gasteiger partial charge in [0.1, 0.15) is 6.54 Å². The Labute approximate surface area is 154 Å². The number of benzene rings is 1. The summed E-state index contributed by atoms with van der Waals surface area (Å²) in [5.74, 6) is 0.574. The highest BCUT2D eigenvalue weighted by Crippen LogP contribution is 2.09. The zero-order valence-electron chi connectivity index (χ0n) is 13.0.